The van der Waals surface area contributed by atoms with Gasteiger partial charge in [-0.2, -0.15) is 12.6 Å². The Morgan fingerprint density at radius 2 is 2.27 bits per heavy atom. The largest absolute Gasteiger partial charge is 0.377 e. The van der Waals surface area contributed by atoms with Crippen molar-refractivity contribution in [2.45, 2.75) is 38.7 Å². The molecule has 2 unspecified atom stereocenters. The van der Waals surface area contributed by atoms with Crippen LogP contribution in [0.5, 0.6) is 0 Å². The second kappa shape index (κ2) is 6.12. The summed E-state index contributed by atoms with van der Waals surface area (Å²) < 4.78 is 5.60. The summed E-state index contributed by atoms with van der Waals surface area (Å²) in [5.74, 6) is 1.73. The fourth-order valence-electron chi connectivity index (χ4n) is 2.31. The zero-order chi connectivity index (χ0) is 11.3. The van der Waals surface area contributed by atoms with Gasteiger partial charge in [-0.25, -0.2) is 0 Å². The van der Waals surface area contributed by atoms with Crippen molar-refractivity contribution in [2.75, 3.05) is 32.5 Å². The van der Waals surface area contributed by atoms with Crippen molar-refractivity contribution in [3.05, 3.63) is 0 Å². The summed E-state index contributed by atoms with van der Waals surface area (Å²) >= 11 is 4.40. The van der Waals surface area contributed by atoms with E-state index in [1.807, 2.05) is 7.11 Å². The van der Waals surface area contributed by atoms with Crippen LogP contribution in [0.3, 0.4) is 0 Å². The number of nitrogens with zero attached hydrogens (tertiary/aromatic N) is 1. The fraction of sp³-hybridized carbons (Fsp3) is 1.00. The van der Waals surface area contributed by atoms with E-state index in [1.165, 1.54) is 32.4 Å². The van der Waals surface area contributed by atoms with Gasteiger partial charge >= 0.3 is 0 Å². The zero-order valence-corrected chi connectivity index (χ0v) is 11.2. The number of hydrogen-bond donors (Lipinski definition) is 1. The first-order valence-electron chi connectivity index (χ1n) is 6.02. The van der Waals surface area contributed by atoms with Crippen molar-refractivity contribution in [3.8, 4) is 0 Å². The molecule has 0 saturated carbocycles. The number of likely N-dealkylation sites (tertiary alicyclic amines) is 1. The molecule has 1 heterocycles. The van der Waals surface area contributed by atoms with Crippen molar-refractivity contribution in [2.24, 2.45) is 5.92 Å². The molecule has 0 radical (unpaired) electrons. The number of piperidine rings is 1. The van der Waals surface area contributed by atoms with Gasteiger partial charge in [-0.05, 0) is 38.0 Å². The summed E-state index contributed by atoms with van der Waals surface area (Å²) in [4.78, 5) is 2.54. The van der Waals surface area contributed by atoms with Crippen LogP contribution in [0, 0.1) is 5.92 Å². The maximum Gasteiger partial charge on any atom is 0.0777 e. The Labute approximate surface area is 99.8 Å². The molecule has 0 aromatic carbocycles. The topological polar surface area (TPSA) is 12.5 Å². The molecule has 90 valence electrons. The van der Waals surface area contributed by atoms with Crippen LogP contribution >= 0.6 is 12.6 Å². The number of methoxy groups -OCH3 is 1. The summed E-state index contributed by atoms with van der Waals surface area (Å²) in [7, 11) is 1.83. The molecule has 0 aromatic rings. The molecule has 0 aliphatic carbocycles. The molecule has 0 amide bonds. The van der Waals surface area contributed by atoms with Gasteiger partial charge in [-0.1, -0.05) is 13.3 Å². The maximum atomic E-state index is 5.60. The van der Waals surface area contributed by atoms with Crippen molar-refractivity contribution in [3.63, 3.8) is 0 Å². The van der Waals surface area contributed by atoms with Gasteiger partial charge in [0, 0.05) is 20.2 Å². The van der Waals surface area contributed by atoms with E-state index in [2.05, 4.69) is 31.4 Å². The van der Waals surface area contributed by atoms with Crippen LogP contribution in [0.4, 0.5) is 0 Å². The molecular formula is C12H25NOS. The first-order valence-corrected chi connectivity index (χ1v) is 6.65. The minimum Gasteiger partial charge on any atom is -0.377 e. The van der Waals surface area contributed by atoms with E-state index in [0.717, 1.165) is 18.2 Å². The molecule has 1 aliphatic rings. The van der Waals surface area contributed by atoms with E-state index in [-0.39, 0.29) is 5.60 Å². The van der Waals surface area contributed by atoms with Crippen LogP contribution in [-0.4, -0.2) is 43.0 Å². The molecule has 1 aliphatic heterocycles. The van der Waals surface area contributed by atoms with Crippen molar-refractivity contribution in [1.82, 2.24) is 4.90 Å². The molecule has 0 aromatic heterocycles. The lowest BCUT2D eigenvalue weighted by molar-refractivity contribution is -0.0531. The Morgan fingerprint density at radius 3 is 2.80 bits per heavy atom. The average molecular weight is 231 g/mol. The molecule has 1 saturated heterocycles. The van der Waals surface area contributed by atoms with Gasteiger partial charge in [0.25, 0.3) is 0 Å². The van der Waals surface area contributed by atoms with E-state index in [0.29, 0.717) is 0 Å². The van der Waals surface area contributed by atoms with E-state index in [1.54, 1.807) is 0 Å². The number of hydrogen-bond acceptors (Lipinski definition) is 3. The lowest BCUT2D eigenvalue weighted by Gasteiger charge is -2.40. The second-order valence-corrected chi connectivity index (χ2v) is 5.31. The summed E-state index contributed by atoms with van der Waals surface area (Å²) in [5, 5.41) is 0. The third-order valence-corrected chi connectivity index (χ3v) is 4.10. The molecule has 0 spiro atoms. The quantitative estimate of drug-likeness (QED) is 0.730. The lowest BCUT2D eigenvalue weighted by atomic mass is 9.94. The summed E-state index contributed by atoms with van der Waals surface area (Å²) in [6, 6.07) is 0. The monoisotopic (exact) mass is 231 g/mol. The molecule has 3 heteroatoms. The molecular weight excluding hydrogens is 206 g/mol. The summed E-state index contributed by atoms with van der Waals surface area (Å²) in [6.45, 7) is 7.96. The van der Waals surface area contributed by atoms with Gasteiger partial charge in [-0.15, -0.1) is 0 Å². The predicted octanol–water partition coefficient (Wildman–Crippen LogP) is 2.44. The second-order valence-electron chi connectivity index (χ2n) is 4.95. The van der Waals surface area contributed by atoms with Crippen molar-refractivity contribution in [1.29, 1.82) is 0 Å². The van der Waals surface area contributed by atoms with E-state index in [9.17, 15) is 0 Å². The Kier molecular flexibility index (Phi) is 5.44. The van der Waals surface area contributed by atoms with Crippen LogP contribution in [0.2, 0.25) is 0 Å². The molecule has 0 N–H and O–H groups in total. The first kappa shape index (κ1) is 13.3. The van der Waals surface area contributed by atoms with Gasteiger partial charge in [0.1, 0.15) is 0 Å². The fourth-order valence-corrected chi connectivity index (χ4v) is 2.68. The van der Waals surface area contributed by atoms with Crippen LogP contribution < -0.4 is 0 Å². The van der Waals surface area contributed by atoms with Crippen LogP contribution in [0.1, 0.15) is 33.1 Å². The van der Waals surface area contributed by atoms with Crippen LogP contribution in [-0.2, 0) is 4.74 Å². The average Bonchev–Trinajstić information content (AvgIpc) is 2.26. The maximum absolute atomic E-state index is 5.60. The van der Waals surface area contributed by atoms with Crippen molar-refractivity contribution < 1.29 is 4.74 Å². The van der Waals surface area contributed by atoms with Gasteiger partial charge in [0.05, 0.1) is 5.60 Å². The van der Waals surface area contributed by atoms with E-state index < -0.39 is 0 Å². The Balaban J connectivity index is 2.42. The third-order valence-electron chi connectivity index (χ3n) is 3.58. The van der Waals surface area contributed by atoms with Crippen LogP contribution in [0.15, 0.2) is 0 Å². The van der Waals surface area contributed by atoms with E-state index >= 15 is 0 Å². The predicted molar refractivity (Wildman–Crippen MR) is 68.7 cm³/mol. The smallest absolute Gasteiger partial charge is 0.0777 e. The molecule has 2 nitrogen and oxygen atoms in total. The number of rotatable bonds is 5. The standard InChI is InChI=1S/C12H25NOS/c1-4-11(9-15)8-13-7-5-6-12(2,10-13)14-3/h11,15H,4-10H2,1-3H3. The Hall–Kier alpha value is 0.270. The molecule has 2 atom stereocenters. The summed E-state index contributed by atoms with van der Waals surface area (Å²) in [5.41, 5.74) is 0.0765. The number of ether oxygens (including phenoxy) is 1. The van der Waals surface area contributed by atoms with Crippen molar-refractivity contribution >= 4 is 12.6 Å². The highest BCUT2D eigenvalue weighted by molar-refractivity contribution is 7.80. The molecule has 0 bridgehead atoms. The van der Waals surface area contributed by atoms with Gasteiger partial charge < -0.3 is 9.64 Å². The van der Waals surface area contributed by atoms with Crippen LogP contribution in [0.25, 0.3) is 0 Å². The molecule has 1 rings (SSSR count). The van der Waals surface area contributed by atoms with Gasteiger partial charge in [-0.3, -0.25) is 0 Å². The SMILES string of the molecule is CCC(CS)CN1CCCC(C)(OC)C1. The highest BCUT2D eigenvalue weighted by Crippen LogP contribution is 2.24. The highest BCUT2D eigenvalue weighted by atomic mass is 32.1. The summed E-state index contributed by atoms with van der Waals surface area (Å²) in [6.07, 6.45) is 3.68. The lowest BCUT2D eigenvalue weighted by Crippen LogP contribution is -2.48. The van der Waals surface area contributed by atoms with Gasteiger partial charge in [0.15, 0.2) is 0 Å². The Morgan fingerprint density at radius 1 is 1.53 bits per heavy atom. The highest BCUT2D eigenvalue weighted by Gasteiger charge is 2.31. The van der Waals surface area contributed by atoms with Gasteiger partial charge in [0.2, 0.25) is 0 Å². The molecule has 15 heavy (non-hydrogen) atoms. The first-order chi connectivity index (χ1) is 7.13. The minimum atomic E-state index is 0.0765. The Bertz CT molecular complexity index is 184. The minimum absolute atomic E-state index is 0.0765. The number of thiol groups is 1. The zero-order valence-electron chi connectivity index (χ0n) is 10.3. The van der Waals surface area contributed by atoms with E-state index in [4.69, 9.17) is 4.74 Å². The third kappa shape index (κ3) is 3.97. The normalized spacial score (nSPS) is 30.4. The molecule has 1 fully saturated rings.